The van der Waals surface area contributed by atoms with Gasteiger partial charge in [-0.25, -0.2) is 17.9 Å². The fourth-order valence-corrected chi connectivity index (χ4v) is 6.18. The molecular weight excluding hydrogens is 504 g/mol. The zero-order valence-corrected chi connectivity index (χ0v) is 22.3. The lowest BCUT2D eigenvalue weighted by Crippen LogP contribution is -2.40. The van der Waals surface area contributed by atoms with E-state index < -0.39 is 16.1 Å². The topological polar surface area (TPSA) is 108 Å². The molecule has 3 aliphatic rings. The molecule has 9 nitrogen and oxygen atoms in total. The van der Waals surface area contributed by atoms with Gasteiger partial charge in [-0.1, -0.05) is 30.5 Å². The maximum atomic E-state index is 13.0. The quantitative estimate of drug-likeness (QED) is 0.277. The molecule has 1 aliphatic carbocycles. The van der Waals surface area contributed by atoms with Crippen molar-refractivity contribution in [2.24, 2.45) is 5.92 Å². The number of imide groups is 1. The van der Waals surface area contributed by atoms with Crippen molar-refractivity contribution in [2.45, 2.75) is 57.4 Å². The number of likely N-dealkylation sites (tertiary alicyclic amines) is 1. The Morgan fingerprint density at radius 2 is 1.89 bits per heavy atom. The number of halogens is 1. The number of carbonyl (C=O) groups is 2. The highest BCUT2D eigenvalue weighted by Crippen LogP contribution is 2.33. The standard InChI is InChI=1S/C25H37ClN4O5S/c26-21-10-9-20(15-23(21)35-18-19-7-8-19)22(16-29-11-3-1-4-12-29)28-36(33,34)14-6-2-5-13-30-17-24(31)27-25(30)32/h9-10,15,19,22,28H,1-8,11-14,16-18H2,(H,27,31,32)/t22-/m1/s1. The van der Waals surface area contributed by atoms with Gasteiger partial charge in [-0.15, -0.1) is 0 Å². The zero-order valence-electron chi connectivity index (χ0n) is 20.7. The molecule has 1 saturated carbocycles. The Morgan fingerprint density at radius 3 is 2.58 bits per heavy atom. The Kier molecular flexibility index (Phi) is 9.49. The summed E-state index contributed by atoms with van der Waals surface area (Å²) in [5.41, 5.74) is 0.851. The Hall–Kier alpha value is -1.88. The maximum absolute atomic E-state index is 13.0. The van der Waals surface area contributed by atoms with E-state index in [-0.39, 0.29) is 24.2 Å². The van der Waals surface area contributed by atoms with E-state index in [1.54, 1.807) is 6.07 Å². The van der Waals surface area contributed by atoms with Crippen molar-refractivity contribution < 1.29 is 22.7 Å². The summed E-state index contributed by atoms with van der Waals surface area (Å²) < 4.78 is 35.0. The van der Waals surface area contributed by atoms with Gasteiger partial charge in [0.25, 0.3) is 0 Å². The minimum Gasteiger partial charge on any atom is -0.492 e. The number of piperidine rings is 1. The number of unbranched alkanes of at least 4 members (excludes halogenated alkanes) is 2. The molecule has 0 radical (unpaired) electrons. The number of hydrogen-bond acceptors (Lipinski definition) is 6. The van der Waals surface area contributed by atoms with Gasteiger partial charge >= 0.3 is 6.03 Å². The first-order valence-electron chi connectivity index (χ1n) is 13.0. The summed E-state index contributed by atoms with van der Waals surface area (Å²) in [5, 5.41) is 2.78. The van der Waals surface area contributed by atoms with Gasteiger partial charge in [-0.2, -0.15) is 0 Å². The lowest BCUT2D eigenvalue weighted by atomic mass is 10.0. The van der Waals surface area contributed by atoms with Crippen molar-refractivity contribution in [3.63, 3.8) is 0 Å². The number of rotatable bonds is 14. The third kappa shape index (κ3) is 8.33. The summed E-state index contributed by atoms with van der Waals surface area (Å²) in [5.74, 6) is 0.906. The number of nitrogens with zero attached hydrogens (tertiary/aromatic N) is 2. The van der Waals surface area contributed by atoms with Crippen LogP contribution >= 0.6 is 11.6 Å². The number of amides is 3. The number of nitrogens with one attached hydrogen (secondary N) is 2. The molecule has 2 aliphatic heterocycles. The molecule has 3 fully saturated rings. The van der Waals surface area contributed by atoms with Gasteiger partial charge in [-0.05, 0) is 75.2 Å². The van der Waals surface area contributed by atoms with Crippen LogP contribution < -0.4 is 14.8 Å². The number of ether oxygens (including phenoxy) is 1. The molecule has 36 heavy (non-hydrogen) atoms. The third-order valence-electron chi connectivity index (χ3n) is 6.95. The van der Waals surface area contributed by atoms with Gasteiger partial charge in [0.15, 0.2) is 0 Å². The minimum atomic E-state index is -3.53. The number of carbonyl (C=O) groups excluding carboxylic acids is 2. The molecule has 0 bridgehead atoms. The average molecular weight is 541 g/mol. The first kappa shape index (κ1) is 27.2. The normalized spacial score (nSPS) is 20.0. The van der Waals surface area contributed by atoms with Crippen LogP contribution in [0.1, 0.15) is 63.0 Å². The van der Waals surface area contributed by atoms with Crippen molar-refractivity contribution in [1.82, 2.24) is 19.8 Å². The molecular formula is C25H37ClN4O5S. The molecule has 1 aromatic rings. The summed E-state index contributed by atoms with van der Waals surface area (Å²) >= 11 is 6.37. The highest BCUT2D eigenvalue weighted by Gasteiger charge is 2.27. The van der Waals surface area contributed by atoms with Crippen LogP contribution in [0.2, 0.25) is 5.02 Å². The average Bonchev–Trinajstić information content (AvgIpc) is 3.61. The van der Waals surface area contributed by atoms with Gasteiger partial charge in [0.2, 0.25) is 15.9 Å². The zero-order chi connectivity index (χ0) is 25.5. The van der Waals surface area contributed by atoms with Gasteiger partial charge in [-0.3, -0.25) is 10.1 Å². The molecule has 200 valence electrons. The molecule has 1 aromatic carbocycles. The maximum Gasteiger partial charge on any atom is 0.324 e. The van der Waals surface area contributed by atoms with Crippen molar-refractivity contribution in [3.05, 3.63) is 28.8 Å². The van der Waals surface area contributed by atoms with Crippen LogP contribution in [0.5, 0.6) is 5.75 Å². The molecule has 3 amide bonds. The van der Waals surface area contributed by atoms with E-state index in [9.17, 15) is 18.0 Å². The number of urea groups is 1. The number of benzene rings is 1. The molecule has 2 heterocycles. The van der Waals surface area contributed by atoms with Gasteiger partial charge < -0.3 is 14.5 Å². The first-order chi connectivity index (χ1) is 17.3. The Balaban J connectivity index is 1.34. The second kappa shape index (κ2) is 12.6. The molecule has 0 unspecified atom stereocenters. The summed E-state index contributed by atoms with van der Waals surface area (Å²) in [7, 11) is -3.53. The van der Waals surface area contributed by atoms with E-state index in [0.29, 0.717) is 55.6 Å². The van der Waals surface area contributed by atoms with Gasteiger partial charge in [0, 0.05) is 13.1 Å². The van der Waals surface area contributed by atoms with Crippen molar-refractivity contribution >= 4 is 33.6 Å². The minimum absolute atomic E-state index is 0.00720. The molecule has 0 spiro atoms. The monoisotopic (exact) mass is 540 g/mol. The van der Waals surface area contributed by atoms with E-state index in [2.05, 4.69) is 14.9 Å². The van der Waals surface area contributed by atoms with E-state index >= 15 is 0 Å². The summed E-state index contributed by atoms with van der Waals surface area (Å²) in [4.78, 5) is 26.7. The Bertz CT molecular complexity index is 1030. The van der Waals surface area contributed by atoms with Crippen LogP contribution in [0.25, 0.3) is 0 Å². The largest absolute Gasteiger partial charge is 0.492 e. The highest BCUT2D eigenvalue weighted by atomic mass is 35.5. The van der Waals surface area contributed by atoms with E-state index in [0.717, 1.165) is 31.5 Å². The van der Waals surface area contributed by atoms with Crippen LogP contribution in [-0.4, -0.2) is 75.2 Å². The summed E-state index contributed by atoms with van der Waals surface area (Å²) in [6.07, 6.45) is 7.58. The Morgan fingerprint density at radius 1 is 1.11 bits per heavy atom. The van der Waals surface area contributed by atoms with Crippen LogP contribution in [0.15, 0.2) is 18.2 Å². The van der Waals surface area contributed by atoms with E-state index in [1.165, 1.54) is 24.2 Å². The SMILES string of the molecule is O=C1CN(CCCCCS(=O)(=O)N[C@H](CN2CCCCC2)c2ccc(Cl)c(OCC3CC3)c2)C(=O)N1. The first-order valence-corrected chi connectivity index (χ1v) is 15.1. The van der Waals surface area contributed by atoms with Crippen molar-refractivity contribution in [1.29, 1.82) is 0 Å². The second-order valence-corrected chi connectivity index (χ2v) is 12.4. The van der Waals surface area contributed by atoms with Crippen LogP contribution in [0.4, 0.5) is 4.79 Å². The molecule has 11 heteroatoms. The second-order valence-electron chi connectivity index (χ2n) is 10.1. The summed E-state index contributed by atoms with van der Waals surface area (Å²) in [6, 6.07) is 4.78. The molecule has 0 aromatic heterocycles. The molecule has 4 rings (SSSR count). The van der Waals surface area contributed by atoms with E-state index in [4.69, 9.17) is 16.3 Å². The van der Waals surface area contributed by atoms with Crippen molar-refractivity contribution in [3.8, 4) is 5.75 Å². The highest BCUT2D eigenvalue weighted by molar-refractivity contribution is 7.89. The molecule has 2 N–H and O–H groups in total. The summed E-state index contributed by atoms with van der Waals surface area (Å²) in [6.45, 7) is 3.67. The fraction of sp³-hybridized carbons (Fsp3) is 0.680. The van der Waals surface area contributed by atoms with Crippen LogP contribution in [-0.2, 0) is 14.8 Å². The van der Waals surface area contributed by atoms with Crippen LogP contribution in [0, 0.1) is 5.92 Å². The smallest absolute Gasteiger partial charge is 0.324 e. The van der Waals surface area contributed by atoms with Crippen LogP contribution in [0.3, 0.4) is 0 Å². The van der Waals surface area contributed by atoms with Gasteiger partial charge in [0.1, 0.15) is 12.3 Å². The number of sulfonamides is 1. The predicted octanol–water partition coefficient (Wildman–Crippen LogP) is 3.30. The van der Waals surface area contributed by atoms with Crippen molar-refractivity contribution in [2.75, 3.05) is 45.1 Å². The van der Waals surface area contributed by atoms with Gasteiger partial charge in [0.05, 0.1) is 23.4 Å². The fourth-order valence-electron chi connectivity index (χ4n) is 4.66. The third-order valence-corrected chi connectivity index (χ3v) is 8.73. The lowest BCUT2D eigenvalue weighted by molar-refractivity contribution is -0.118. The Labute approximate surface area is 218 Å². The molecule has 1 atom stereocenters. The molecule has 2 saturated heterocycles. The number of hydrogen-bond donors (Lipinski definition) is 2. The lowest BCUT2D eigenvalue weighted by Gasteiger charge is -2.31. The van der Waals surface area contributed by atoms with E-state index in [1.807, 2.05) is 12.1 Å². The predicted molar refractivity (Wildman–Crippen MR) is 139 cm³/mol.